The van der Waals surface area contributed by atoms with Crippen LogP contribution in [0.25, 0.3) is 5.57 Å². The maximum atomic E-state index is 12.2. The molecule has 0 N–H and O–H groups in total. The molecule has 5 heteroatoms. The molecule has 144 valence electrons. The van der Waals surface area contributed by atoms with Gasteiger partial charge in [-0.25, -0.2) is 4.79 Å². The van der Waals surface area contributed by atoms with Crippen molar-refractivity contribution in [1.82, 2.24) is 0 Å². The van der Waals surface area contributed by atoms with E-state index in [1.807, 2.05) is 49.4 Å². The topological polar surface area (TPSA) is 71.7 Å². The summed E-state index contributed by atoms with van der Waals surface area (Å²) >= 11 is 0. The Balaban J connectivity index is 2.21. The zero-order valence-electron chi connectivity index (χ0n) is 16.4. The number of hydrogen-bond acceptors (Lipinski definition) is 5. The highest BCUT2D eigenvalue weighted by atomic mass is 16.6. The average Bonchev–Trinajstić information content (AvgIpc) is 2.74. The molecule has 0 radical (unpaired) electrons. The Morgan fingerprint density at radius 1 is 1.21 bits per heavy atom. The van der Waals surface area contributed by atoms with Crippen LogP contribution in [0.5, 0.6) is 0 Å². The van der Waals surface area contributed by atoms with Crippen molar-refractivity contribution in [2.75, 3.05) is 7.11 Å². The third-order valence-corrected chi connectivity index (χ3v) is 4.18. The summed E-state index contributed by atoms with van der Waals surface area (Å²) in [6, 6.07) is 16.9. The van der Waals surface area contributed by atoms with Crippen LogP contribution >= 0.6 is 0 Å². The molecule has 0 saturated heterocycles. The second-order valence-electron chi connectivity index (χ2n) is 6.20. The van der Waals surface area contributed by atoms with Gasteiger partial charge in [-0.1, -0.05) is 61.0 Å². The van der Waals surface area contributed by atoms with Crippen LogP contribution in [-0.2, 0) is 21.0 Å². The highest BCUT2D eigenvalue weighted by Gasteiger charge is 2.15. The van der Waals surface area contributed by atoms with E-state index in [0.717, 1.165) is 29.5 Å². The first-order chi connectivity index (χ1) is 13.6. The van der Waals surface area contributed by atoms with E-state index in [0.29, 0.717) is 16.8 Å². The van der Waals surface area contributed by atoms with E-state index >= 15 is 0 Å². The van der Waals surface area contributed by atoms with Crippen LogP contribution < -0.4 is 0 Å². The van der Waals surface area contributed by atoms with Gasteiger partial charge < -0.3 is 9.57 Å². The summed E-state index contributed by atoms with van der Waals surface area (Å²) in [5.41, 5.74) is 4.22. The molecule has 2 rings (SSSR count). The molecule has 5 nitrogen and oxygen atoms in total. The van der Waals surface area contributed by atoms with E-state index in [9.17, 15) is 4.79 Å². The molecule has 0 saturated carbocycles. The van der Waals surface area contributed by atoms with Gasteiger partial charge in [-0.2, -0.15) is 5.26 Å². The SMILES string of the molecule is CCC/C=C(\C(=O)OC)c1ccccc1CO/N=C(\C)c1cccc(C#N)c1. The van der Waals surface area contributed by atoms with Gasteiger partial charge in [0.1, 0.15) is 6.61 Å². The van der Waals surface area contributed by atoms with Crippen molar-refractivity contribution >= 4 is 17.3 Å². The number of carbonyl (C=O) groups is 1. The Hall–Kier alpha value is -3.39. The summed E-state index contributed by atoms with van der Waals surface area (Å²) in [7, 11) is 1.38. The molecule has 0 spiro atoms. The van der Waals surface area contributed by atoms with Gasteiger partial charge in [0.25, 0.3) is 0 Å². The minimum absolute atomic E-state index is 0.214. The van der Waals surface area contributed by atoms with E-state index < -0.39 is 0 Å². The predicted molar refractivity (Wildman–Crippen MR) is 110 cm³/mol. The van der Waals surface area contributed by atoms with Crippen LogP contribution in [0.2, 0.25) is 0 Å². The summed E-state index contributed by atoms with van der Waals surface area (Å²) in [6.07, 6.45) is 3.61. The highest BCUT2D eigenvalue weighted by Crippen LogP contribution is 2.22. The number of rotatable bonds is 8. The lowest BCUT2D eigenvalue weighted by Gasteiger charge is -2.11. The van der Waals surface area contributed by atoms with Crippen molar-refractivity contribution < 1.29 is 14.4 Å². The van der Waals surface area contributed by atoms with E-state index in [4.69, 9.17) is 14.8 Å². The largest absolute Gasteiger partial charge is 0.465 e. The van der Waals surface area contributed by atoms with Gasteiger partial charge in [0, 0.05) is 11.1 Å². The summed E-state index contributed by atoms with van der Waals surface area (Å²) in [6.45, 7) is 4.09. The molecule has 0 amide bonds. The number of carbonyl (C=O) groups excluding carboxylic acids is 1. The Bertz CT molecular complexity index is 923. The number of nitriles is 1. The predicted octanol–water partition coefficient (Wildman–Crippen LogP) is 4.86. The van der Waals surface area contributed by atoms with Crippen molar-refractivity contribution in [3.63, 3.8) is 0 Å². The van der Waals surface area contributed by atoms with Crippen LogP contribution in [-0.4, -0.2) is 18.8 Å². The molecule has 0 fully saturated rings. The Kier molecular flexibility index (Phi) is 7.98. The first-order valence-electron chi connectivity index (χ1n) is 9.14. The Labute approximate surface area is 165 Å². The number of oxime groups is 1. The summed E-state index contributed by atoms with van der Waals surface area (Å²) in [5.74, 6) is -0.367. The zero-order valence-corrected chi connectivity index (χ0v) is 16.4. The number of nitrogens with zero attached hydrogens (tertiary/aromatic N) is 2. The number of ether oxygens (including phenoxy) is 1. The summed E-state index contributed by atoms with van der Waals surface area (Å²) in [5, 5.41) is 13.2. The highest BCUT2D eigenvalue weighted by molar-refractivity contribution is 6.16. The van der Waals surface area contributed by atoms with Crippen LogP contribution in [0.4, 0.5) is 0 Å². The minimum Gasteiger partial charge on any atom is -0.465 e. The molecule has 0 aliphatic heterocycles. The van der Waals surface area contributed by atoms with Gasteiger partial charge in [0.15, 0.2) is 0 Å². The van der Waals surface area contributed by atoms with Gasteiger partial charge >= 0.3 is 5.97 Å². The quantitative estimate of drug-likeness (QED) is 0.286. The molecule has 0 heterocycles. The first kappa shape index (κ1) is 20.9. The third-order valence-electron chi connectivity index (χ3n) is 4.18. The van der Waals surface area contributed by atoms with E-state index in [1.165, 1.54) is 7.11 Å². The van der Waals surface area contributed by atoms with Crippen LogP contribution in [0.1, 0.15) is 48.9 Å². The second kappa shape index (κ2) is 10.7. The number of unbranched alkanes of at least 4 members (excludes halogenated alkanes) is 1. The second-order valence-corrected chi connectivity index (χ2v) is 6.20. The fourth-order valence-corrected chi connectivity index (χ4v) is 2.68. The summed E-state index contributed by atoms with van der Waals surface area (Å²) < 4.78 is 4.94. The molecule has 2 aromatic rings. The van der Waals surface area contributed by atoms with Crippen molar-refractivity contribution in [1.29, 1.82) is 5.26 Å². The molecule has 28 heavy (non-hydrogen) atoms. The molecule has 0 atom stereocenters. The van der Waals surface area contributed by atoms with E-state index in [-0.39, 0.29) is 12.6 Å². The molecular weight excluding hydrogens is 352 g/mol. The van der Waals surface area contributed by atoms with Gasteiger partial charge in [0.05, 0.1) is 30.0 Å². The maximum absolute atomic E-state index is 12.2. The molecule has 0 bridgehead atoms. The van der Waals surface area contributed by atoms with Gasteiger partial charge in [-0.3, -0.25) is 0 Å². The molecule has 0 unspecified atom stereocenters. The lowest BCUT2D eigenvalue weighted by atomic mass is 9.99. The minimum atomic E-state index is -0.367. The molecular formula is C23H24N2O3. The molecule has 0 aliphatic rings. The Morgan fingerprint density at radius 2 is 2.00 bits per heavy atom. The standard InChI is InChI=1S/C23H24N2O3/c1-4-5-12-22(23(26)27-3)21-13-7-6-10-20(21)16-28-25-17(2)19-11-8-9-18(14-19)15-24/h6-14H,4-5,16H2,1-3H3/b22-12-,25-17+. The van der Waals surface area contributed by atoms with Crippen molar-refractivity contribution in [2.24, 2.45) is 5.16 Å². The Morgan fingerprint density at radius 3 is 2.71 bits per heavy atom. The number of allylic oxidation sites excluding steroid dienone is 1. The fourth-order valence-electron chi connectivity index (χ4n) is 2.68. The van der Waals surface area contributed by atoms with Crippen LogP contribution in [0, 0.1) is 11.3 Å². The smallest absolute Gasteiger partial charge is 0.338 e. The van der Waals surface area contributed by atoms with Crippen LogP contribution in [0.3, 0.4) is 0 Å². The van der Waals surface area contributed by atoms with Crippen LogP contribution in [0.15, 0.2) is 59.8 Å². The maximum Gasteiger partial charge on any atom is 0.338 e. The van der Waals surface area contributed by atoms with Gasteiger partial charge in [-0.15, -0.1) is 0 Å². The number of methoxy groups -OCH3 is 1. The fraction of sp³-hybridized carbons (Fsp3) is 0.261. The summed E-state index contributed by atoms with van der Waals surface area (Å²) in [4.78, 5) is 17.8. The van der Waals surface area contributed by atoms with Gasteiger partial charge in [-0.05, 0) is 31.0 Å². The number of esters is 1. The number of hydrogen-bond donors (Lipinski definition) is 0. The third kappa shape index (κ3) is 5.55. The van der Waals surface area contributed by atoms with E-state index in [1.54, 1.807) is 12.1 Å². The van der Waals surface area contributed by atoms with E-state index in [2.05, 4.69) is 18.1 Å². The average molecular weight is 376 g/mol. The van der Waals surface area contributed by atoms with Crippen molar-refractivity contribution in [2.45, 2.75) is 33.3 Å². The number of benzene rings is 2. The normalized spacial score (nSPS) is 11.6. The lowest BCUT2D eigenvalue weighted by Crippen LogP contribution is -2.07. The first-order valence-corrected chi connectivity index (χ1v) is 9.14. The van der Waals surface area contributed by atoms with Crippen molar-refractivity contribution in [3.05, 3.63) is 76.9 Å². The molecule has 2 aromatic carbocycles. The molecule has 0 aromatic heterocycles. The zero-order chi connectivity index (χ0) is 20.4. The van der Waals surface area contributed by atoms with Gasteiger partial charge in [0.2, 0.25) is 0 Å². The van der Waals surface area contributed by atoms with Crippen molar-refractivity contribution in [3.8, 4) is 6.07 Å². The lowest BCUT2D eigenvalue weighted by molar-refractivity contribution is -0.133. The molecule has 0 aliphatic carbocycles. The monoisotopic (exact) mass is 376 g/mol.